The quantitative estimate of drug-likeness (QED) is 0.380. The second-order valence-electron chi connectivity index (χ2n) is 6.80. The third-order valence-electron chi connectivity index (χ3n) is 4.49. The zero-order chi connectivity index (χ0) is 18.5. The zero-order valence-corrected chi connectivity index (χ0v) is 15.5. The van der Waals surface area contributed by atoms with Crippen LogP contribution in [-0.2, 0) is 0 Å². The van der Waals surface area contributed by atoms with E-state index in [0.717, 1.165) is 22.3 Å². The molecule has 132 valence electrons. The Kier molecular flexibility index (Phi) is 5.52. The zero-order valence-electron chi connectivity index (χ0n) is 15.5. The lowest BCUT2D eigenvalue weighted by Crippen LogP contribution is -2.01. The fourth-order valence-electron chi connectivity index (χ4n) is 2.67. The maximum atomic E-state index is 12.5. The van der Waals surface area contributed by atoms with Crippen molar-refractivity contribution in [3.63, 3.8) is 0 Å². The van der Waals surface area contributed by atoms with Crippen molar-refractivity contribution >= 4 is 21.7 Å². The van der Waals surface area contributed by atoms with Crippen LogP contribution in [0.15, 0.2) is 82.0 Å². The van der Waals surface area contributed by atoms with Crippen molar-refractivity contribution in [1.29, 1.82) is 0 Å². The molecule has 0 aliphatic heterocycles. The van der Waals surface area contributed by atoms with Crippen molar-refractivity contribution in [2.45, 2.75) is 27.2 Å². The lowest BCUT2D eigenvalue weighted by Gasteiger charge is -2.05. The molecule has 3 aromatic carbocycles. The van der Waals surface area contributed by atoms with Crippen LogP contribution in [0, 0.1) is 5.92 Å². The predicted octanol–water partition coefficient (Wildman–Crippen LogP) is 6.67. The Morgan fingerprint density at radius 1 is 0.885 bits per heavy atom. The van der Waals surface area contributed by atoms with Crippen LogP contribution in [-0.4, -0.2) is 0 Å². The standard InChI is InChI=1S/C19H12O2.C5H12/c20-16-12-18(14-7-2-1-3-8-14)21-17-11-10-13-6-4-5-9-15(13)19(16)17;1-4-5(2)3/h1-12H;5H,4H2,1-3H3. The molecule has 0 saturated carbocycles. The van der Waals surface area contributed by atoms with E-state index in [1.54, 1.807) is 6.07 Å². The Morgan fingerprint density at radius 2 is 1.54 bits per heavy atom. The second-order valence-corrected chi connectivity index (χ2v) is 6.80. The van der Waals surface area contributed by atoms with Crippen LogP contribution in [0.2, 0.25) is 0 Å². The minimum Gasteiger partial charge on any atom is -0.456 e. The summed E-state index contributed by atoms with van der Waals surface area (Å²) >= 11 is 0. The van der Waals surface area contributed by atoms with Gasteiger partial charge in [0.2, 0.25) is 0 Å². The van der Waals surface area contributed by atoms with Gasteiger partial charge in [-0.1, -0.05) is 87.9 Å². The van der Waals surface area contributed by atoms with Gasteiger partial charge in [-0.15, -0.1) is 0 Å². The fourth-order valence-corrected chi connectivity index (χ4v) is 2.67. The topological polar surface area (TPSA) is 30.2 Å². The van der Waals surface area contributed by atoms with E-state index in [4.69, 9.17) is 4.42 Å². The van der Waals surface area contributed by atoms with Crippen molar-refractivity contribution in [3.05, 3.63) is 83.0 Å². The number of fused-ring (bicyclic) bond motifs is 3. The first-order valence-corrected chi connectivity index (χ1v) is 9.11. The minimum absolute atomic E-state index is 0.00750. The first-order chi connectivity index (χ1) is 12.6. The molecule has 4 aromatic rings. The highest BCUT2D eigenvalue weighted by Crippen LogP contribution is 2.26. The van der Waals surface area contributed by atoms with Crippen LogP contribution in [0.1, 0.15) is 27.2 Å². The maximum Gasteiger partial charge on any atom is 0.193 e. The van der Waals surface area contributed by atoms with Crippen molar-refractivity contribution < 1.29 is 4.42 Å². The SMILES string of the molecule is CCC(C)C.O=c1cc(-c2ccccc2)oc2ccc3ccccc3c12. The fraction of sp³-hybridized carbons (Fsp3) is 0.208. The molecule has 2 nitrogen and oxygen atoms in total. The summed E-state index contributed by atoms with van der Waals surface area (Å²) in [5, 5.41) is 2.63. The van der Waals surface area contributed by atoms with Gasteiger partial charge in [0.1, 0.15) is 11.3 Å². The van der Waals surface area contributed by atoms with Gasteiger partial charge in [-0.2, -0.15) is 0 Å². The highest BCUT2D eigenvalue weighted by Gasteiger charge is 2.09. The van der Waals surface area contributed by atoms with Crippen LogP contribution < -0.4 is 5.43 Å². The summed E-state index contributed by atoms with van der Waals surface area (Å²) in [5.41, 5.74) is 1.52. The first kappa shape index (κ1) is 17.9. The molecule has 0 radical (unpaired) electrons. The van der Waals surface area contributed by atoms with Crippen LogP contribution >= 0.6 is 0 Å². The molecule has 0 unspecified atom stereocenters. The van der Waals surface area contributed by atoms with E-state index in [1.165, 1.54) is 6.42 Å². The van der Waals surface area contributed by atoms with Crippen LogP contribution in [0.5, 0.6) is 0 Å². The smallest absolute Gasteiger partial charge is 0.193 e. The monoisotopic (exact) mass is 344 g/mol. The molecule has 0 amide bonds. The normalized spacial score (nSPS) is 10.8. The largest absolute Gasteiger partial charge is 0.456 e. The predicted molar refractivity (Wildman–Crippen MR) is 111 cm³/mol. The average molecular weight is 344 g/mol. The molecular formula is C24H24O2. The third kappa shape index (κ3) is 3.85. The molecule has 0 fully saturated rings. The van der Waals surface area contributed by atoms with Crippen molar-refractivity contribution in [2.24, 2.45) is 5.92 Å². The van der Waals surface area contributed by atoms with Crippen molar-refractivity contribution in [1.82, 2.24) is 0 Å². The molecule has 0 spiro atoms. The summed E-state index contributed by atoms with van der Waals surface area (Å²) < 4.78 is 5.94. The molecule has 0 aliphatic carbocycles. The summed E-state index contributed by atoms with van der Waals surface area (Å²) in [6.07, 6.45) is 1.31. The van der Waals surface area contributed by atoms with E-state index in [-0.39, 0.29) is 5.43 Å². The Balaban J connectivity index is 0.000000349. The summed E-state index contributed by atoms with van der Waals surface area (Å²) in [4.78, 5) is 12.5. The summed E-state index contributed by atoms with van der Waals surface area (Å²) in [5.74, 6) is 1.48. The molecule has 1 aromatic heterocycles. The van der Waals surface area contributed by atoms with Gasteiger partial charge in [-0.3, -0.25) is 4.79 Å². The Bertz CT molecular complexity index is 1060. The van der Waals surface area contributed by atoms with Gasteiger partial charge in [0.15, 0.2) is 5.43 Å². The van der Waals surface area contributed by atoms with E-state index < -0.39 is 0 Å². The molecule has 0 atom stereocenters. The van der Waals surface area contributed by atoms with Crippen LogP contribution in [0.4, 0.5) is 0 Å². The average Bonchev–Trinajstić information content (AvgIpc) is 2.68. The number of benzene rings is 3. The van der Waals surface area contributed by atoms with Crippen LogP contribution in [0.3, 0.4) is 0 Å². The molecular weight excluding hydrogens is 320 g/mol. The summed E-state index contributed by atoms with van der Waals surface area (Å²) in [6, 6.07) is 23.0. The van der Waals surface area contributed by atoms with Gasteiger partial charge >= 0.3 is 0 Å². The Labute approximate surface area is 154 Å². The van der Waals surface area contributed by atoms with E-state index in [0.29, 0.717) is 16.7 Å². The Morgan fingerprint density at radius 3 is 2.23 bits per heavy atom. The molecule has 0 aliphatic rings. The lowest BCUT2D eigenvalue weighted by molar-refractivity contribution is 0.619. The number of hydrogen-bond acceptors (Lipinski definition) is 2. The summed E-state index contributed by atoms with van der Waals surface area (Å²) in [7, 11) is 0. The van der Waals surface area contributed by atoms with Crippen molar-refractivity contribution in [3.8, 4) is 11.3 Å². The number of rotatable bonds is 2. The maximum absolute atomic E-state index is 12.5. The second kappa shape index (κ2) is 8.01. The van der Waals surface area contributed by atoms with Gasteiger partial charge < -0.3 is 4.42 Å². The van der Waals surface area contributed by atoms with E-state index >= 15 is 0 Å². The van der Waals surface area contributed by atoms with Gasteiger partial charge in [0, 0.05) is 11.6 Å². The minimum atomic E-state index is -0.00750. The molecule has 4 rings (SSSR count). The molecule has 26 heavy (non-hydrogen) atoms. The molecule has 0 N–H and O–H groups in total. The third-order valence-corrected chi connectivity index (χ3v) is 4.49. The van der Waals surface area contributed by atoms with Gasteiger partial charge in [-0.25, -0.2) is 0 Å². The first-order valence-electron chi connectivity index (χ1n) is 9.11. The van der Waals surface area contributed by atoms with Crippen LogP contribution in [0.25, 0.3) is 33.1 Å². The van der Waals surface area contributed by atoms with Gasteiger partial charge in [0.25, 0.3) is 0 Å². The summed E-state index contributed by atoms with van der Waals surface area (Å²) in [6.45, 7) is 6.64. The molecule has 0 saturated heterocycles. The van der Waals surface area contributed by atoms with E-state index in [9.17, 15) is 4.79 Å². The lowest BCUT2D eigenvalue weighted by atomic mass is 10.0. The molecule has 1 heterocycles. The highest BCUT2D eigenvalue weighted by atomic mass is 16.3. The Hall–Kier alpha value is -2.87. The molecule has 0 bridgehead atoms. The van der Waals surface area contributed by atoms with Gasteiger partial charge in [-0.05, 0) is 22.8 Å². The van der Waals surface area contributed by atoms with Gasteiger partial charge in [0.05, 0.1) is 5.39 Å². The van der Waals surface area contributed by atoms with E-state index in [1.807, 2.05) is 66.7 Å². The molecule has 2 heteroatoms. The van der Waals surface area contributed by atoms with Crippen molar-refractivity contribution in [2.75, 3.05) is 0 Å². The van der Waals surface area contributed by atoms with E-state index in [2.05, 4.69) is 20.8 Å². The highest BCUT2D eigenvalue weighted by molar-refractivity contribution is 6.05. The number of hydrogen-bond donors (Lipinski definition) is 0.